The van der Waals surface area contributed by atoms with Crippen LogP contribution >= 0.6 is 0 Å². The van der Waals surface area contributed by atoms with Crippen LogP contribution in [0.2, 0.25) is 0 Å². The number of rotatable bonds is 6. The summed E-state index contributed by atoms with van der Waals surface area (Å²) in [5, 5.41) is 19.3. The highest BCUT2D eigenvalue weighted by Gasteiger charge is 2.34. The number of hydrogen-bond donors (Lipinski definition) is 3. The molecule has 1 aliphatic carbocycles. The van der Waals surface area contributed by atoms with Crippen LogP contribution in [0.4, 0.5) is 4.79 Å². The van der Waals surface area contributed by atoms with Crippen LogP contribution in [0.25, 0.3) is 0 Å². The lowest BCUT2D eigenvalue weighted by Crippen LogP contribution is -2.53. The predicted molar refractivity (Wildman–Crippen MR) is 76.3 cm³/mol. The normalized spacial score (nSPS) is 17.1. The molecule has 0 bridgehead atoms. The van der Waals surface area contributed by atoms with Crippen LogP contribution in [0, 0.1) is 0 Å². The largest absolute Gasteiger partial charge is 0.394 e. The van der Waals surface area contributed by atoms with Gasteiger partial charge in [0.2, 0.25) is 0 Å². The summed E-state index contributed by atoms with van der Waals surface area (Å²) < 4.78 is 1.78. The number of nitrogens with one attached hydrogen (secondary N) is 2. The Morgan fingerprint density at radius 1 is 1.50 bits per heavy atom. The predicted octanol–water partition coefficient (Wildman–Crippen LogP) is 0.957. The first kappa shape index (κ1) is 14.8. The molecule has 1 saturated carbocycles. The Hall–Kier alpha value is -1.56. The van der Waals surface area contributed by atoms with Gasteiger partial charge >= 0.3 is 6.03 Å². The van der Waals surface area contributed by atoms with Crippen molar-refractivity contribution in [2.24, 2.45) is 7.05 Å². The fourth-order valence-electron chi connectivity index (χ4n) is 2.75. The first-order valence-corrected chi connectivity index (χ1v) is 7.28. The van der Waals surface area contributed by atoms with Crippen molar-refractivity contribution in [3.63, 3.8) is 0 Å². The highest BCUT2D eigenvalue weighted by molar-refractivity contribution is 5.74. The zero-order chi connectivity index (χ0) is 14.4. The molecule has 3 N–H and O–H groups in total. The van der Waals surface area contributed by atoms with Gasteiger partial charge in [0.15, 0.2) is 0 Å². The highest BCUT2D eigenvalue weighted by atomic mass is 16.3. The standard InChI is InChI=1S/C14H24N4O2/c1-18-10-12(9-16-18)5-4-8-15-13(20)17-14(11-19)6-2-3-7-14/h9-10,19H,2-8,11H2,1H3,(H2,15,17,20). The SMILES string of the molecule is Cn1cc(CCCNC(=O)NC2(CO)CCCC2)cn1. The van der Waals surface area contributed by atoms with Crippen molar-refractivity contribution >= 4 is 6.03 Å². The molecule has 112 valence electrons. The number of urea groups is 1. The number of carbonyl (C=O) groups excluding carboxylic acids is 1. The molecule has 0 unspecified atom stereocenters. The fourth-order valence-corrected chi connectivity index (χ4v) is 2.75. The number of aliphatic hydroxyl groups is 1. The molecule has 20 heavy (non-hydrogen) atoms. The smallest absolute Gasteiger partial charge is 0.315 e. The summed E-state index contributed by atoms with van der Waals surface area (Å²) in [7, 11) is 1.89. The topological polar surface area (TPSA) is 79.2 Å². The summed E-state index contributed by atoms with van der Waals surface area (Å²) in [5.41, 5.74) is 0.783. The van der Waals surface area contributed by atoms with Gasteiger partial charge in [0.05, 0.1) is 18.3 Å². The van der Waals surface area contributed by atoms with Crippen LogP contribution in [0.15, 0.2) is 12.4 Å². The number of amides is 2. The Balaban J connectivity index is 1.65. The maximum atomic E-state index is 11.8. The van der Waals surface area contributed by atoms with E-state index in [0.29, 0.717) is 6.54 Å². The van der Waals surface area contributed by atoms with Crippen molar-refractivity contribution in [3.05, 3.63) is 18.0 Å². The quantitative estimate of drug-likeness (QED) is 0.679. The third-order valence-electron chi connectivity index (χ3n) is 3.93. The first-order valence-electron chi connectivity index (χ1n) is 7.28. The van der Waals surface area contributed by atoms with Gasteiger partial charge in [0.1, 0.15) is 0 Å². The van der Waals surface area contributed by atoms with Crippen molar-refractivity contribution in [2.45, 2.75) is 44.1 Å². The van der Waals surface area contributed by atoms with Crippen molar-refractivity contribution in [2.75, 3.05) is 13.2 Å². The van der Waals surface area contributed by atoms with Gasteiger partial charge in [0, 0.05) is 19.8 Å². The third-order valence-corrected chi connectivity index (χ3v) is 3.93. The maximum Gasteiger partial charge on any atom is 0.315 e. The highest BCUT2D eigenvalue weighted by Crippen LogP contribution is 2.28. The van der Waals surface area contributed by atoms with E-state index in [9.17, 15) is 9.90 Å². The number of aryl methyl sites for hydroxylation is 2. The van der Waals surface area contributed by atoms with Gasteiger partial charge in [-0.15, -0.1) is 0 Å². The molecular weight excluding hydrogens is 256 g/mol. The average molecular weight is 280 g/mol. The average Bonchev–Trinajstić information content (AvgIpc) is 3.05. The molecule has 0 saturated heterocycles. The Morgan fingerprint density at radius 3 is 2.85 bits per heavy atom. The number of hydrogen-bond acceptors (Lipinski definition) is 3. The Morgan fingerprint density at radius 2 is 2.25 bits per heavy atom. The third kappa shape index (κ3) is 3.96. The van der Waals surface area contributed by atoms with Crippen molar-refractivity contribution in [1.82, 2.24) is 20.4 Å². The molecule has 1 fully saturated rings. The summed E-state index contributed by atoms with van der Waals surface area (Å²) in [6.45, 7) is 0.651. The summed E-state index contributed by atoms with van der Waals surface area (Å²) in [6.07, 6.45) is 9.49. The minimum Gasteiger partial charge on any atom is -0.394 e. The van der Waals surface area contributed by atoms with E-state index in [1.807, 2.05) is 19.4 Å². The van der Waals surface area contributed by atoms with E-state index in [-0.39, 0.29) is 12.6 Å². The molecule has 1 aromatic rings. The summed E-state index contributed by atoms with van der Waals surface area (Å²) in [4.78, 5) is 11.8. The first-order chi connectivity index (χ1) is 9.63. The van der Waals surface area contributed by atoms with E-state index >= 15 is 0 Å². The molecule has 0 atom stereocenters. The van der Waals surface area contributed by atoms with E-state index in [4.69, 9.17) is 0 Å². The molecule has 0 spiro atoms. The molecule has 1 aromatic heterocycles. The minimum absolute atomic E-state index is 0.0239. The maximum absolute atomic E-state index is 11.8. The molecule has 0 radical (unpaired) electrons. The molecular formula is C14H24N4O2. The number of aliphatic hydroxyl groups excluding tert-OH is 1. The minimum atomic E-state index is -0.395. The Kier molecular flexibility index (Phi) is 5.00. The van der Waals surface area contributed by atoms with Gasteiger partial charge in [-0.05, 0) is 31.2 Å². The van der Waals surface area contributed by atoms with E-state index in [1.54, 1.807) is 4.68 Å². The Labute approximate surface area is 119 Å². The van der Waals surface area contributed by atoms with Gasteiger partial charge in [-0.25, -0.2) is 4.79 Å². The van der Waals surface area contributed by atoms with Crippen LogP contribution in [0.5, 0.6) is 0 Å². The van der Waals surface area contributed by atoms with Crippen LogP contribution in [-0.4, -0.2) is 39.6 Å². The Bertz CT molecular complexity index is 438. The second-order valence-corrected chi connectivity index (χ2v) is 5.65. The molecule has 6 heteroatoms. The number of nitrogens with zero attached hydrogens (tertiary/aromatic N) is 2. The van der Waals surface area contributed by atoms with Crippen molar-refractivity contribution in [1.29, 1.82) is 0 Å². The van der Waals surface area contributed by atoms with E-state index in [2.05, 4.69) is 15.7 Å². The van der Waals surface area contributed by atoms with Crippen LogP contribution in [0.3, 0.4) is 0 Å². The lowest BCUT2D eigenvalue weighted by atomic mass is 9.99. The number of carbonyl (C=O) groups is 1. The molecule has 2 rings (SSSR count). The van der Waals surface area contributed by atoms with Gasteiger partial charge < -0.3 is 15.7 Å². The van der Waals surface area contributed by atoms with Crippen LogP contribution in [-0.2, 0) is 13.5 Å². The lowest BCUT2D eigenvalue weighted by Gasteiger charge is -2.27. The fraction of sp³-hybridized carbons (Fsp3) is 0.714. The zero-order valence-corrected chi connectivity index (χ0v) is 12.1. The van der Waals surface area contributed by atoms with E-state index in [1.165, 1.54) is 5.56 Å². The van der Waals surface area contributed by atoms with Crippen LogP contribution < -0.4 is 10.6 Å². The van der Waals surface area contributed by atoms with E-state index < -0.39 is 5.54 Å². The second-order valence-electron chi connectivity index (χ2n) is 5.65. The molecule has 2 amide bonds. The number of aromatic nitrogens is 2. The van der Waals surface area contributed by atoms with Gasteiger partial charge in [0.25, 0.3) is 0 Å². The van der Waals surface area contributed by atoms with Gasteiger partial charge in [-0.2, -0.15) is 5.10 Å². The zero-order valence-electron chi connectivity index (χ0n) is 12.1. The summed E-state index contributed by atoms with van der Waals surface area (Å²) in [6, 6.07) is -0.174. The summed E-state index contributed by atoms with van der Waals surface area (Å²) in [5.74, 6) is 0. The van der Waals surface area contributed by atoms with Crippen LogP contribution in [0.1, 0.15) is 37.7 Å². The molecule has 6 nitrogen and oxygen atoms in total. The molecule has 1 heterocycles. The van der Waals surface area contributed by atoms with Gasteiger partial charge in [-0.3, -0.25) is 4.68 Å². The molecule has 0 aromatic carbocycles. The molecule has 1 aliphatic rings. The second kappa shape index (κ2) is 6.74. The summed E-state index contributed by atoms with van der Waals surface area (Å²) >= 11 is 0. The van der Waals surface area contributed by atoms with Crippen molar-refractivity contribution in [3.8, 4) is 0 Å². The molecule has 0 aliphatic heterocycles. The lowest BCUT2D eigenvalue weighted by molar-refractivity contribution is 0.163. The van der Waals surface area contributed by atoms with E-state index in [0.717, 1.165) is 38.5 Å². The van der Waals surface area contributed by atoms with Crippen molar-refractivity contribution < 1.29 is 9.90 Å². The van der Waals surface area contributed by atoms with Gasteiger partial charge in [-0.1, -0.05) is 12.8 Å². The monoisotopic (exact) mass is 280 g/mol.